The van der Waals surface area contributed by atoms with Crippen molar-refractivity contribution in [2.45, 2.75) is 93.3 Å². The largest absolute Gasteiger partial charge is 0.460 e. The van der Waals surface area contributed by atoms with Gasteiger partial charge in [0, 0.05) is 12.8 Å². The van der Waals surface area contributed by atoms with Crippen molar-refractivity contribution in [2.24, 2.45) is 0 Å². The van der Waals surface area contributed by atoms with Crippen LogP contribution in [0.25, 0.3) is 0 Å². The standard InChI is InChI=1S/2C7H14O2.C2H6/c2*1-5-6(8)9-7(2,3)4;1-2/h2*5H2,1-4H3;1-2H3. The second kappa shape index (κ2) is 11.7. The van der Waals surface area contributed by atoms with Gasteiger partial charge in [0.05, 0.1) is 0 Å². The maximum atomic E-state index is 10.6. The summed E-state index contributed by atoms with van der Waals surface area (Å²) in [7, 11) is 0. The zero-order chi connectivity index (χ0) is 17.0. The molecule has 0 aromatic heterocycles. The predicted molar refractivity (Wildman–Crippen MR) is 83.6 cm³/mol. The van der Waals surface area contributed by atoms with Crippen LogP contribution in [0.1, 0.15) is 82.1 Å². The minimum atomic E-state index is -0.326. The number of ether oxygens (including phenoxy) is 2. The highest BCUT2D eigenvalue weighted by atomic mass is 16.6. The highest BCUT2D eigenvalue weighted by Gasteiger charge is 2.14. The van der Waals surface area contributed by atoms with Crippen LogP contribution in [0.5, 0.6) is 0 Å². The van der Waals surface area contributed by atoms with Crippen molar-refractivity contribution in [3.63, 3.8) is 0 Å². The smallest absolute Gasteiger partial charge is 0.306 e. The van der Waals surface area contributed by atoms with E-state index >= 15 is 0 Å². The van der Waals surface area contributed by atoms with Crippen molar-refractivity contribution >= 4 is 11.9 Å². The minimum Gasteiger partial charge on any atom is -0.460 e. The van der Waals surface area contributed by atoms with Gasteiger partial charge >= 0.3 is 11.9 Å². The molecule has 0 unspecified atom stereocenters. The third kappa shape index (κ3) is 25.7. The monoisotopic (exact) mass is 290 g/mol. The average molecular weight is 290 g/mol. The summed E-state index contributed by atoms with van der Waals surface area (Å²) in [6, 6.07) is 0. The Hall–Kier alpha value is -1.06. The average Bonchev–Trinajstić information content (AvgIpc) is 2.28. The Labute approximate surface area is 125 Å². The van der Waals surface area contributed by atoms with Gasteiger partial charge < -0.3 is 9.47 Å². The number of carbonyl (C=O) groups is 2. The van der Waals surface area contributed by atoms with E-state index in [1.54, 1.807) is 13.8 Å². The third-order valence-corrected chi connectivity index (χ3v) is 1.42. The van der Waals surface area contributed by atoms with Gasteiger partial charge in [-0.05, 0) is 41.5 Å². The molecule has 0 saturated carbocycles. The van der Waals surface area contributed by atoms with Gasteiger partial charge in [-0.1, -0.05) is 27.7 Å². The van der Waals surface area contributed by atoms with E-state index in [1.165, 1.54) is 0 Å². The Morgan fingerprint density at radius 2 is 0.900 bits per heavy atom. The summed E-state index contributed by atoms with van der Waals surface area (Å²) in [6.45, 7) is 18.7. The highest BCUT2D eigenvalue weighted by molar-refractivity contribution is 5.69. The summed E-state index contributed by atoms with van der Waals surface area (Å²) in [5.41, 5.74) is -0.653. The lowest BCUT2D eigenvalue weighted by Crippen LogP contribution is -2.23. The third-order valence-electron chi connectivity index (χ3n) is 1.42. The lowest BCUT2D eigenvalue weighted by molar-refractivity contribution is -0.155. The van der Waals surface area contributed by atoms with Crippen LogP contribution in [-0.4, -0.2) is 23.1 Å². The molecule has 122 valence electrons. The summed E-state index contributed by atoms with van der Waals surface area (Å²) in [4.78, 5) is 21.2. The summed E-state index contributed by atoms with van der Waals surface area (Å²) in [5.74, 6) is -0.273. The maximum absolute atomic E-state index is 10.6. The van der Waals surface area contributed by atoms with E-state index in [4.69, 9.17) is 9.47 Å². The lowest BCUT2D eigenvalue weighted by atomic mass is 10.2. The van der Waals surface area contributed by atoms with E-state index in [0.717, 1.165) is 0 Å². The molecule has 4 heteroatoms. The number of hydrogen-bond acceptors (Lipinski definition) is 4. The van der Waals surface area contributed by atoms with E-state index in [0.29, 0.717) is 12.8 Å². The fourth-order valence-corrected chi connectivity index (χ4v) is 0.827. The van der Waals surface area contributed by atoms with Crippen molar-refractivity contribution in [2.75, 3.05) is 0 Å². The van der Waals surface area contributed by atoms with E-state index in [9.17, 15) is 9.59 Å². The number of rotatable bonds is 2. The molecule has 0 N–H and O–H groups in total. The molecular weight excluding hydrogens is 256 g/mol. The van der Waals surface area contributed by atoms with Crippen molar-refractivity contribution in [1.29, 1.82) is 0 Å². The van der Waals surface area contributed by atoms with Crippen LogP contribution in [-0.2, 0) is 19.1 Å². The van der Waals surface area contributed by atoms with E-state index in [1.807, 2.05) is 55.4 Å². The first-order chi connectivity index (χ1) is 8.91. The van der Waals surface area contributed by atoms with Crippen molar-refractivity contribution in [1.82, 2.24) is 0 Å². The molecule has 0 amide bonds. The molecular formula is C16H34O4. The van der Waals surface area contributed by atoms with E-state index < -0.39 is 0 Å². The topological polar surface area (TPSA) is 52.6 Å². The first-order valence-electron chi connectivity index (χ1n) is 7.35. The first kappa shape index (κ1) is 24.0. The van der Waals surface area contributed by atoms with Crippen LogP contribution in [0.3, 0.4) is 0 Å². The van der Waals surface area contributed by atoms with Gasteiger partial charge in [0.25, 0.3) is 0 Å². The van der Waals surface area contributed by atoms with E-state index in [-0.39, 0.29) is 23.1 Å². The highest BCUT2D eigenvalue weighted by Crippen LogP contribution is 2.07. The van der Waals surface area contributed by atoms with Crippen LogP contribution in [0, 0.1) is 0 Å². The van der Waals surface area contributed by atoms with Crippen LogP contribution in [0.2, 0.25) is 0 Å². The van der Waals surface area contributed by atoms with Crippen LogP contribution >= 0.6 is 0 Å². The van der Waals surface area contributed by atoms with Gasteiger partial charge in [-0.2, -0.15) is 0 Å². The van der Waals surface area contributed by atoms with Crippen LogP contribution in [0.15, 0.2) is 0 Å². The molecule has 0 heterocycles. The SMILES string of the molecule is CC.CCC(=O)OC(C)(C)C.CCC(=O)OC(C)(C)C. The van der Waals surface area contributed by atoms with Gasteiger partial charge in [0.1, 0.15) is 11.2 Å². The Bertz CT molecular complexity index is 229. The molecule has 0 aliphatic heterocycles. The Morgan fingerprint density at radius 3 is 0.950 bits per heavy atom. The minimum absolute atomic E-state index is 0.137. The predicted octanol–water partition coefficient (Wildman–Crippen LogP) is 4.50. The molecule has 0 aliphatic carbocycles. The Morgan fingerprint density at radius 1 is 0.700 bits per heavy atom. The molecule has 0 bridgehead atoms. The van der Waals surface area contributed by atoms with Gasteiger partial charge in [-0.15, -0.1) is 0 Å². The fourth-order valence-electron chi connectivity index (χ4n) is 0.827. The van der Waals surface area contributed by atoms with Gasteiger partial charge in [0.2, 0.25) is 0 Å². The molecule has 0 fully saturated rings. The Kier molecular flexibility index (Phi) is 14.1. The second-order valence-corrected chi connectivity index (χ2v) is 5.88. The summed E-state index contributed by atoms with van der Waals surface area (Å²) in [5, 5.41) is 0. The van der Waals surface area contributed by atoms with Crippen LogP contribution in [0.4, 0.5) is 0 Å². The quantitative estimate of drug-likeness (QED) is 0.702. The molecule has 4 nitrogen and oxygen atoms in total. The Balaban J connectivity index is -0.000000257. The van der Waals surface area contributed by atoms with E-state index in [2.05, 4.69) is 0 Å². The molecule has 0 radical (unpaired) electrons. The molecule has 0 aromatic rings. The summed E-state index contributed by atoms with van der Waals surface area (Å²) in [6.07, 6.45) is 0.911. The zero-order valence-corrected chi connectivity index (χ0v) is 15.0. The van der Waals surface area contributed by atoms with Crippen LogP contribution < -0.4 is 0 Å². The van der Waals surface area contributed by atoms with Crippen molar-refractivity contribution in [3.8, 4) is 0 Å². The number of carbonyl (C=O) groups excluding carboxylic acids is 2. The molecule has 20 heavy (non-hydrogen) atoms. The maximum Gasteiger partial charge on any atom is 0.306 e. The molecule has 0 saturated heterocycles. The molecule has 0 aliphatic rings. The second-order valence-electron chi connectivity index (χ2n) is 5.88. The molecule has 0 atom stereocenters. The van der Waals surface area contributed by atoms with Crippen molar-refractivity contribution in [3.05, 3.63) is 0 Å². The summed E-state index contributed by atoms with van der Waals surface area (Å²) < 4.78 is 9.90. The molecule has 0 spiro atoms. The fraction of sp³-hybridized carbons (Fsp3) is 0.875. The zero-order valence-electron chi connectivity index (χ0n) is 15.0. The lowest BCUT2D eigenvalue weighted by Gasteiger charge is -2.18. The van der Waals surface area contributed by atoms with Gasteiger partial charge in [0.15, 0.2) is 0 Å². The summed E-state index contributed by atoms with van der Waals surface area (Å²) >= 11 is 0. The first-order valence-corrected chi connectivity index (χ1v) is 7.35. The van der Waals surface area contributed by atoms with Gasteiger partial charge in [-0.25, -0.2) is 0 Å². The van der Waals surface area contributed by atoms with Crippen molar-refractivity contribution < 1.29 is 19.1 Å². The molecule has 0 rings (SSSR count). The number of hydrogen-bond donors (Lipinski definition) is 0. The molecule has 0 aromatic carbocycles. The van der Waals surface area contributed by atoms with Gasteiger partial charge in [-0.3, -0.25) is 9.59 Å². The number of esters is 2. The normalized spacial score (nSPS) is 10.3.